The summed E-state index contributed by atoms with van der Waals surface area (Å²) in [6, 6.07) is 14.7. The highest BCUT2D eigenvalue weighted by atomic mass is 16.3. The number of phenolic OH excluding ortho intramolecular Hbond substituents is 1. The van der Waals surface area contributed by atoms with Crippen LogP contribution in [0.2, 0.25) is 0 Å². The maximum Gasteiger partial charge on any atom is 0.141 e. The molecule has 0 atom stereocenters. The fourth-order valence-corrected chi connectivity index (χ4v) is 1.56. The topological polar surface area (TPSA) is 48.2 Å². The van der Waals surface area contributed by atoms with Crippen LogP contribution in [0, 0.1) is 0 Å². The van der Waals surface area contributed by atoms with Gasteiger partial charge in [0.1, 0.15) is 5.75 Å². The highest BCUT2D eigenvalue weighted by Gasteiger charge is 2.03. The van der Waals surface area contributed by atoms with Crippen LogP contribution in [-0.2, 0) is 0 Å². The average Bonchev–Trinajstić information content (AvgIpc) is 2.37. The first kappa shape index (κ1) is 12.1. The van der Waals surface area contributed by atoms with Crippen molar-refractivity contribution in [2.45, 2.75) is 0 Å². The average molecular weight is 241 g/mol. The summed E-state index contributed by atoms with van der Waals surface area (Å²) in [4.78, 5) is 1.84. The molecular formula is C14H15N3O. The molecule has 2 aromatic rings. The predicted molar refractivity (Wildman–Crippen MR) is 73.1 cm³/mol. The summed E-state index contributed by atoms with van der Waals surface area (Å²) in [5, 5.41) is 18.0. The first-order valence-electron chi connectivity index (χ1n) is 5.64. The Labute approximate surface area is 106 Å². The molecule has 18 heavy (non-hydrogen) atoms. The number of anilines is 1. The summed E-state index contributed by atoms with van der Waals surface area (Å²) in [5.41, 5.74) is 2.17. The van der Waals surface area contributed by atoms with Crippen LogP contribution >= 0.6 is 0 Å². The highest BCUT2D eigenvalue weighted by Crippen LogP contribution is 2.30. The van der Waals surface area contributed by atoms with Gasteiger partial charge in [0.25, 0.3) is 0 Å². The Bertz CT molecular complexity index is 550. The van der Waals surface area contributed by atoms with Crippen LogP contribution in [0.3, 0.4) is 0 Å². The summed E-state index contributed by atoms with van der Waals surface area (Å²) in [6.07, 6.45) is 0. The van der Waals surface area contributed by atoms with E-state index in [1.165, 1.54) is 0 Å². The van der Waals surface area contributed by atoms with Crippen molar-refractivity contribution < 1.29 is 5.11 Å². The van der Waals surface area contributed by atoms with E-state index in [9.17, 15) is 5.11 Å². The lowest BCUT2D eigenvalue weighted by Gasteiger charge is -2.13. The van der Waals surface area contributed by atoms with Crippen molar-refractivity contribution in [3.05, 3.63) is 48.5 Å². The molecule has 92 valence electrons. The van der Waals surface area contributed by atoms with Crippen LogP contribution in [0.5, 0.6) is 5.75 Å². The van der Waals surface area contributed by atoms with Crippen LogP contribution in [0.1, 0.15) is 0 Å². The van der Waals surface area contributed by atoms with Crippen molar-refractivity contribution in [2.75, 3.05) is 19.0 Å². The van der Waals surface area contributed by atoms with Gasteiger partial charge in [-0.05, 0) is 24.3 Å². The van der Waals surface area contributed by atoms with E-state index < -0.39 is 0 Å². The Hall–Kier alpha value is -2.36. The Balaban J connectivity index is 2.21. The van der Waals surface area contributed by atoms with Gasteiger partial charge in [0, 0.05) is 20.2 Å². The number of azo groups is 1. The molecule has 4 heteroatoms. The minimum Gasteiger partial charge on any atom is -0.506 e. The highest BCUT2D eigenvalue weighted by molar-refractivity contribution is 5.62. The van der Waals surface area contributed by atoms with Gasteiger partial charge in [-0.3, -0.25) is 0 Å². The van der Waals surface area contributed by atoms with Gasteiger partial charge in [0.2, 0.25) is 0 Å². The van der Waals surface area contributed by atoms with Crippen LogP contribution in [0.15, 0.2) is 58.8 Å². The zero-order valence-electron chi connectivity index (χ0n) is 10.4. The maximum absolute atomic E-state index is 9.82. The fraction of sp³-hybridized carbons (Fsp3) is 0.143. The molecule has 0 heterocycles. The van der Waals surface area contributed by atoms with E-state index in [4.69, 9.17) is 0 Å². The van der Waals surface area contributed by atoms with Crippen LogP contribution in [0.4, 0.5) is 17.1 Å². The third kappa shape index (κ3) is 2.85. The Kier molecular flexibility index (Phi) is 3.57. The van der Waals surface area contributed by atoms with E-state index >= 15 is 0 Å². The van der Waals surface area contributed by atoms with Gasteiger partial charge in [-0.1, -0.05) is 18.2 Å². The van der Waals surface area contributed by atoms with E-state index in [2.05, 4.69) is 10.2 Å². The predicted octanol–water partition coefficient (Wildman–Crippen LogP) is 3.87. The summed E-state index contributed by atoms with van der Waals surface area (Å²) >= 11 is 0. The van der Waals surface area contributed by atoms with E-state index in [1.807, 2.05) is 61.5 Å². The third-order valence-electron chi connectivity index (χ3n) is 2.48. The van der Waals surface area contributed by atoms with Crippen molar-refractivity contribution in [2.24, 2.45) is 10.2 Å². The van der Waals surface area contributed by atoms with Gasteiger partial charge < -0.3 is 10.0 Å². The number of benzene rings is 2. The third-order valence-corrected chi connectivity index (χ3v) is 2.48. The Morgan fingerprint density at radius 3 is 2.17 bits per heavy atom. The standard InChI is InChI=1S/C14H15N3O/c1-17(2)13-9-8-12(10-14(13)18)16-15-11-6-4-3-5-7-11/h3-10,18H,1-2H3. The van der Waals surface area contributed by atoms with Crippen molar-refractivity contribution in [1.82, 2.24) is 0 Å². The molecule has 0 aromatic heterocycles. The molecule has 0 aliphatic heterocycles. The fourth-order valence-electron chi connectivity index (χ4n) is 1.56. The summed E-state index contributed by atoms with van der Waals surface area (Å²) in [5.74, 6) is 0.199. The van der Waals surface area contributed by atoms with Crippen molar-refractivity contribution in [3.8, 4) is 5.75 Å². The molecule has 0 saturated carbocycles. The minimum atomic E-state index is 0.199. The van der Waals surface area contributed by atoms with Gasteiger partial charge in [-0.25, -0.2) is 0 Å². The second-order valence-electron chi connectivity index (χ2n) is 4.10. The molecule has 2 rings (SSSR count). The largest absolute Gasteiger partial charge is 0.506 e. The molecule has 0 saturated heterocycles. The summed E-state index contributed by atoms with van der Waals surface area (Å²) < 4.78 is 0. The van der Waals surface area contributed by atoms with Gasteiger partial charge >= 0.3 is 0 Å². The number of phenols is 1. The first-order chi connectivity index (χ1) is 8.66. The van der Waals surface area contributed by atoms with Gasteiger partial charge in [-0.15, -0.1) is 0 Å². The molecule has 1 N–H and O–H groups in total. The Morgan fingerprint density at radius 1 is 0.889 bits per heavy atom. The van der Waals surface area contributed by atoms with Crippen molar-refractivity contribution >= 4 is 17.1 Å². The second kappa shape index (κ2) is 5.31. The number of aromatic hydroxyl groups is 1. The summed E-state index contributed by atoms with van der Waals surface area (Å²) in [7, 11) is 3.75. The molecule has 0 bridgehead atoms. The van der Waals surface area contributed by atoms with Crippen LogP contribution in [-0.4, -0.2) is 19.2 Å². The van der Waals surface area contributed by atoms with Gasteiger partial charge in [0.15, 0.2) is 0 Å². The Morgan fingerprint density at radius 2 is 1.56 bits per heavy atom. The maximum atomic E-state index is 9.82. The zero-order valence-corrected chi connectivity index (χ0v) is 10.4. The molecule has 2 aromatic carbocycles. The lowest BCUT2D eigenvalue weighted by Crippen LogP contribution is -2.08. The zero-order chi connectivity index (χ0) is 13.0. The quantitative estimate of drug-likeness (QED) is 0.829. The molecule has 0 unspecified atom stereocenters. The minimum absolute atomic E-state index is 0.199. The second-order valence-corrected chi connectivity index (χ2v) is 4.10. The molecule has 0 amide bonds. The van der Waals surface area contributed by atoms with Crippen LogP contribution < -0.4 is 4.90 Å². The van der Waals surface area contributed by atoms with E-state index in [0.29, 0.717) is 5.69 Å². The first-order valence-corrected chi connectivity index (χ1v) is 5.64. The molecular weight excluding hydrogens is 226 g/mol. The number of nitrogens with zero attached hydrogens (tertiary/aromatic N) is 3. The molecule has 0 aliphatic carbocycles. The molecule has 0 spiro atoms. The SMILES string of the molecule is CN(C)c1ccc(N=Nc2ccccc2)cc1O. The molecule has 0 radical (unpaired) electrons. The molecule has 0 fully saturated rings. The summed E-state index contributed by atoms with van der Waals surface area (Å²) in [6.45, 7) is 0. The van der Waals surface area contributed by atoms with Crippen molar-refractivity contribution in [3.63, 3.8) is 0 Å². The van der Waals surface area contributed by atoms with E-state index in [0.717, 1.165) is 11.4 Å². The van der Waals surface area contributed by atoms with E-state index in [1.54, 1.807) is 6.07 Å². The van der Waals surface area contributed by atoms with Crippen LogP contribution in [0.25, 0.3) is 0 Å². The lowest BCUT2D eigenvalue weighted by molar-refractivity contribution is 0.476. The number of hydrogen-bond acceptors (Lipinski definition) is 4. The number of rotatable bonds is 3. The smallest absolute Gasteiger partial charge is 0.141 e. The normalized spacial score (nSPS) is 10.8. The van der Waals surface area contributed by atoms with Gasteiger partial charge in [-0.2, -0.15) is 10.2 Å². The lowest BCUT2D eigenvalue weighted by atomic mass is 10.2. The monoisotopic (exact) mass is 241 g/mol. The van der Waals surface area contributed by atoms with Gasteiger partial charge in [0.05, 0.1) is 17.1 Å². The molecule has 4 nitrogen and oxygen atoms in total. The van der Waals surface area contributed by atoms with Crippen molar-refractivity contribution in [1.29, 1.82) is 0 Å². The molecule has 0 aliphatic rings. The van der Waals surface area contributed by atoms with E-state index in [-0.39, 0.29) is 5.75 Å². The number of hydrogen-bond donors (Lipinski definition) is 1.